The molecule has 2 heterocycles. The zero-order valence-corrected chi connectivity index (χ0v) is 54.6. The van der Waals surface area contributed by atoms with Gasteiger partial charge in [-0.25, -0.2) is 0 Å². The maximum absolute atomic E-state index is 10.2. The summed E-state index contributed by atoms with van der Waals surface area (Å²) in [7, 11) is -1.54. The van der Waals surface area contributed by atoms with Gasteiger partial charge in [-0.05, 0) is 202 Å². The second-order valence-corrected chi connectivity index (χ2v) is 26.2. The van der Waals surface area contributed by atoms with E-state index in [4.69, 9.17) is 8.83 Å². The quantitative estimate of drug-likeness (QED) is 0.129. The molecule has 460 valence electrons. The number of furan rings is 2. The number of benzene rings is 18. The summed E-state index contributed by atoms with van der Waals surface area (Å²) >= 11 is 3.51. The fourth-order valence-corrected chi connectivity index (χ4v) is 15.5. The van der Waals surface area contributed by atoms with Gasteiger partial charge in [0, 0.05) is 26.0 Å². The molecule has 0 aliphatic heterocycles. The molecule has 0 radical (unpaired) electrons. The first-order valence-corrected chi connectivity index (χ1v) is 33.9. The highest BCUT2D eigenvalue weighted by molar-refractivity contribution is 9.10. The zero-order chi connectivity index (χ0) is 65.4. The van der Waals surface area contributed by atoms with E-state index in [1.807, 2.05) is 54.6 Å². The molecule has 0 aliphatic carbocycles. The van der Waals surface area contributed by atoms with Gasteiger partial charge in [0.05, 0.1) is 0 Å². The summed E-state index contributed by atoms with van der Waals surface area (Å²) in [6.07, 6.45) is 0. The van der Waals surface area contributed by atoms with Crippen LogP contribution in [0, 0.1) is 0 Å². The van der Waals surface area contributed by atoms with Crippen molar-refractivity contribution < 1.29 is 18.9 Å². The Balaban J connectivity index is 0.000000118. The molecule has 4 nitrogen and oxygen atoms in total. The van der Waals surface area contributed by atoms with Crippen molar-refractivity contribution in [1.82, 2.24) is 0 Å². The molecule has 0 aliphatic rings. The average Bonchev–Trinajstić information content (AvgIpc) is 0.817. The van der Waals surface area contributed by atoms with Gasteiger partial charge >= 0.3 is 7.12 Å². The van der Waals surface area contributed by atoms with Gasteiger partial charge in [0.1, 0.15) is 22.3 Å². The molecule has 20 aromatic rings. The van der Waals surface area contributed by atoms with Crippen molar-refractivity contribution >= 4 is 159 Å². The minimum Gasteiger partial charge on any atom is -0.456 e. The monoisotopic (exact) mass is 1320 g/mol. The first kappa shape index (κ1) is 58.7. The van der Waals surface area contributed by atoms with Gasteiger partial charge in [-0.2, -0.15) is 0 Å². The minimum atomic E-state index is -1.54. The minimum absolute atomic E-state index is 0.553. The van der Waals surface area contributed by atoms with Crippen molar-refractivity contribution in [2.45, 2.75) is 0 Å². The van der Waals surface area contributed by atoms with Crippen LogP contribution in [-0.2, 0) is 0 Å². The Hall–Kier alpha value is -11.9. The van der Waals surface area contributed by atoms with Gasteiger partial charge in [0.25, 0.3) is 0 Å². The Kier molecular flexibility index (Phi) is 14.6. The molecule has 0 fully saturated rings. The van der Waals surface area contributed by atoms with E-state index in [2.05, 4.69) is 301 Å². The van der Waals surface area contributed by atoms with Crippen LogP contribution in [0.15, 0.2) is 353 Å². The van der Waals surface area contributed by atoms with E-state index >= 15 is 0 Å². The van der Waals surface area contributed by atoms with Gasteiger partial charge in [-0.1, -0.05) is 301 Å². The summed E-state index contributed by atoms with van der Waals surface area (Å²) in [5.41, 5.74) is 16.3. The molecule has 0 atom stereocenters. The predicted octanol–water partition coefficient (Wildman–Crippen LogP) is 24.9. The predicted molar refractivity (Wildman–Crippen MR) is 419 cm³/mol. The molecule has 20 rings (SSSR count). The summed E-state index contributed by atoms with van der Waals surface area (Å²) < 4.78 is 13.3. The highest BCUT2D eigenvalue weighted by Gasteiger charge is 2.23. The van der Waals surface area contributed by atoms with Crippen LogP contribution in [0.1, 0.15) is 0 Å². The number of hydrogen-bond acceptors (Lipinski definition) is 4. The highest BCUT2D eigenvalue weighted by atomic mass is 79.9. The topological polar surface area (TPSA) is 66.7 Å². The van der Waals surface area contributed by atoms with Crippen LogP contribution in [0.4, 0.5) is 0 Å². The SMILES string of the molecule is Brc1ccc2oc3cc4ccccc4cc3c2c1.OB(O)c1c2ccccc2c(-c2ccc(-c3cccc4ccccc34)cc2)c2ccccc12.c1ccc2cc3c(cc2c1)oc1ccc(-c2c4ccccc4c(-c4ccc(-c5cccc6ccccc56)cc4)c4ccccc24)cc13. The maximum Gasteiger partial charge on any atom is 0.489 e. The van der Waals surface area contributed by atoms with Gasteiger partial charge in [-0.3, -0.25) is 0 Å². The Morgan fingerprint density at radius 1 is 0.214 bits per heavy atom. The van der Waals surface area contributed by atoms with E-state index in [0.29, 0.717) is 5.46 Å². The average molecular weight is 1320 g/mol. The van der Waals surface area contributed by atoms with E-state index in [9.17, 15) is 10.0 Å². The van der Waals surface area contributed by atoms with Crippen molar-refractivity contribution in [3.63, 3.8) is 0 Å². The summed E-state index contributed by atoms with van der Waals surface area (Å²) in [6, 6.07) is 120. The third-order valence-electron chi connectivity index (χ3n) is 19.6. The van der Waals surface area contributed by atoms with E-state index < -0.39 is 7.12 Å². The number of fused-ring (bicyclic) bond motifs is 14. The Labute approximate surface area is 573 Å². The first-order chi connectivity index (χ1) is 48.3. The molecular weight excluding hydrogens is 1260 g/mol. The summed E-state index contributed by atoms with van der Waals surface area (Å²) in [5, 5.41) is 43.6. The summed E-state index contributed by atoms with van der Waals surface area (Å²) in [5.74, 6) is 0. The molecule has 0 saturated heterocycles. The van der Waals surface area contributed by atoms with Crippen LogP contribution in [0.25, 0.3) is 186 Å². The third-order valence-corrected chi connectivity index (χ3v) is 20.1. The molecule has 0 unspecified atom stereocenters. The lowest BCUT2D eigenvalue weighted by Crippen LogP contribution is -2.31. The molecule has 2 N–H and O–H groups in total. The number of hydrogen-bond donors (Lipinski definition) is 2. The standard InChI is InChI=1S/C46H28O.C30H21BO2.C16H9BrO/c1-2-12-33-28-44-42(26-32(33)11-1)41-27-34(24-25-43(41)47-44)46-39-17-7-5-15-37(39)45(38-16-6-8-18-40(38)46)31-22-20-30(21-23-31)36-19-9-13-29-10-3-4-14-35(29)36;32-31(33)30-27-13-5-3-11-25(27)29(26-12-4-6-14-28(26)30)22-18-16-21(17-19-22)24-15-7-9-20-8-1-2-10-23(20)24;17-12-5-6-15-14(9-12)13-7-10-3-1-2-4-11(10)8-16(13)18-15/h1-28H;1-19,32-33H;1-9H. The molecule has 18 aromatic carbocycles. The van der Waals surface area contributed by atoms with E-state index in [1.165, 1.54) is 115 Å². The van der Waals surface area contributed by atoms with Crippen LogP contribution >= 0.6 is 15.9 Å². The van der Waals surface area contributed by atoms with Crippen LogP contribution in [0.2, 0.25) is 0 Å². The van der Waals surface area contributed by atoms with E-state index in [0.717, 1.165) is 75.6 Å². The Morgan fingerprint density at radius 2 is 0.510 bits per heavy atom. The third kappa shape index (κ3) is 10.2. The van der Waals surface area contributed by atoms with Crippen LogP contribution in [-0.4, -0.2) is 17.2 Å². The highest BCUT2D eigenvalue weighted by Crippen LogP contribution is 2.46. The summed E-state index contributed by atoms with van der Waals surface area (Å²) in [4.78, 5) is 0. The van der Waals surface area contributed by atoms with Gasteiger partial charge in [0.15, 0.2) is 0 Å². The molecule has 2 aromatic heterocycles. The van der Waals surface area contributed by atoms with E-state index in [1.54, 1.807) is 0 Å². The molecule has 0 bridgehead atoms. The van der Waals surface area contributed by atoms with Crippen molar-refractivity contribution in [1.29, 1.82) is 0 Å². The van der Waals surface area contributed by atoms with Crippen molar-refractivity contribution in [2.24, 2.45) is 0 Å². The lowest BCUT2D eigenvalue weighted by atomic mass is 9.72. The maximum atomic E-state index is 10.2. The van der Waals surface area contributed by atoms with Crippen molar-refractivity contribution in [3.8, 4) is 55.6 Å². The second-order valence-electron chi connectivity index (χ2n) is 25.2. The second kappa shape index (κ2) is 24.4. The Bertz CT molecular complexity index is 6420. The van der Waals surface area contributed by atoms with Crippen molar-refractivity contribution in [3.05, 3.63) is 344 Å². The molecule has 6 heteroatoms. The van der Waals surface area contributed by atoms with Crippen molar-refractivity contribution in [2.75, 3.05) is 0 Å². The fraction of sp³-hybridized carbons (Fsp3) is 0. The Morgan fingerprint density at radius 3 is 0.929 bits per heavy atom. The van der Waals surface area contributed by atoms with Gasteiger partial charge in [-0.15, -0.1) is 0 Å². The molecule has 0 spiro atoms. The molecular formula is C92H58BBrO4. The van der Waals surface area contributed by atoms with Gasteiger partial charge in [0.2, 0.25) is 0 Å². The molecule has 0 amide bonds. The lowest BCUT2D eigenvalue weighted by molar-refractivity contribution is 0.426. The molecule has 0 saturated carbocycles. The summed E-state index contributed by atoms with van der Waals surface area (Å²) in [6.45, 7) is 0. The first-order valence-electron chi connectivity index (χ1n) is 33.1. The lowest BCUT2D eigenvalue weighted by Gasteiger charge is -2.18. The van der Waals surface area contributed by atoms with Crippen LogP contribution in [0.5, 0.6) is 0 Å². The largest absolute Gasteiger partial charge is 0.489 e. The molecule has 98 heavy (non-hydrogen) atoms. The van der Waals surface area contributed by atoms with Crippen LogP contribution in [0.3, 0.4) is 0 Å². The van der Waals surface area contributed by atoms with E-state index in [-0.39, 0.29) is 0 Å². The van der Waals surface area contributed by atoms with Crippen LogP contribution < -0.4 is 5.46 Å². The number of halogens is 1. The fourth-order valence-electron chi connectivity index (χ4n) is 15.1. The zero-order valence-electron chi connectivity index (χ0n) is 53.0. The normalized spacial score (nSPS) is 11.6. The smallest absolute Gasteiger partial charge is 0.456 e. The van der Waals surface area contributed by atoms with Gasteiger partial charge < -0.3 is 18.9 Å². The number of rotatable bonds is 6.